The van der Waals surface area contributed by atoms with E-state index in [0.717, 1.165) is 30.6 Å². The van der Waals surface area contributed by atoms with E-state index in [0.29, 0.717) is 17.3 Å². The van der Waals surface area contributed by atoms with E-state index in [1.54, 1.807) is 19.4 Å². The zero-order valence-electron chi connectivity index (χ0n) is 11.2. The largest absolute Gasteiger partial charge is 0.481 e. The second-order valence-corrected chi connectivity index (χ2v) is 4.67. The molecule has 1 aliphatic rings. The lowest BCUT2D eigenvalue weighted by Crippen LogP contribution is -2.01. The fourth-order valence-electron chi connectivity index (χ4n) is 2.36. The van der Waals surface area contributed by atoms with Gasteiger partial charge in [-0.3, -0.25) is 0 Å². The van der Waals surface area contributed by atoms with Crippen LogP contribution in [-0.4, -0.2) is 17.1 Å². The first-order valence-corrected chi connectivity index (χ1v) is 6.50. The van der Waals surface area contributed by atoms with Gasteiger partial charge in [-0.1, -0.05) is 0 Å². The molecule has 0 aliphatic heterocycles. The molecule has 0 amide bonds. The van der Waals surface area contributed by atoms with Gasteiger partial charge in [0.05, 0.1) is 24.6 Å². The van der Waals surface area contributed by atoms with Crippen LogP contribution in [-0.2, 0) is 12.8 Å². The number of ether oxygens (including phenoxy) is 1. The number of fused-ring (bicyclic) bond motifs is 1. The Bertz CT molecular complexity index is 674. The van der Waals surface area contributed by atoms with Crippen molar-refractivity contribution in [1.82, 2.24) is 9.97 Å². The Labute approximate surface area is 117 Å². The van der Waals surface area contributed by atoms with E-state index in [1.165, 1.54) is 5.56 Å². The Balaban J connectivity index is 1.91. The van der Waals surface area contributed by atoms with Gasteiger partial charge in [0.2, 0.25) is 5.88 Å². The quantitative estimate of drug-likeness (QED) is 0.924. The molecule has 1 N–H and O–H groups in total. The van der Waals surface area contributed by atoms with Crippen molar-refractivity contribution < 1.29 is 4.74 Å². The van der Waals surface area contributed by atoms with Gasteiger partial charge in [-0.05, 0) is 37.0 Å². The van der Waals surface area contributed by atoms with Crippen molar-refractivity contribution in [2.75, 3.05) is 12.4 Å². The third-order valence-electron chi connectivity index (χ3n) is 3.38. The van der Waals surface area contributed by atoms with Crippen LogP contribution in [0.15, 0.2) is 24.4 Å². The fraction of sp³-hybridized carbons (Fsp3) is 0.267. The van der Waals surface area contributed by atoms with Crippen molar-refractivity contribution in [3.05, 3.63) is 41.2 Å². The van der Waals surface area contributed by atoms with Gasteiger partial charge in [0.25, 0.3) is 0 Å². The second-order valence-electron chi connectivity index (χ2n) is 4.67. The third kappa shape index (κ3) is 2.28. The number of nitrogens with one attached hydrogen (secondary N) is 1. The summed E-state index contributed by atoms with van der Waals surface area (Å²) in [6, 6.07) is 7.75. The number of aromatic nitrogens is 2. The molecule has 0 atom stereocenters. The van der Waals surface area contributed by atoms with Crippen LogP contribution in [0.25, 0.3) is 0 Å². The summed E-state index contributed by atoms with van der Waals surface area (Å²) in [6.45, 7) is 0. The molecule has 0 bridgehead atoms. The van der Waals surface area contributed by atoms with E-state index in [9.17, 15) is 5.26 Å². The molecular weight excluding hydrogens is 252 g/mol. The van der Waals surface area contributed by atoms with Crippen molar-refractivity contribution in [3.63, 3.8) is 0 Å². The third-order valence-corrected chi connectivity index (χ3v) is 3.38. The standard InChI is InChI=1S/C15H14N4O/c1-20-14-6-5-12(9-17-14)18-15-11(8-16)7-10-3-2-4-13(10)19-15/h5-7,9H,2-4H2,1H3,(H,18,19). The Kier molecular flexibility index (Phi) is 3.21. The maximum atomic E-state index is 9.24. The molecule has 3 rings (SSSR count). The predicted molar refractivity (Wildman–Crippen MR) is 75.0 cm³/mol. The summed E-state index contributed by atoms with van der Waals surface area (Å²) in [4.78, 5) is 8.70. The van der Waals surface area contributed by atoms with E-state index < -0.39 is 0 Å². The molecule has 0 aromatic carbocycles. The second kappa shape index (κ2) is 5.17. The number of hydrogen-bond acceptors (Lipinski definition) is 5. The van der Waals surface area contributed by atoms with Crippen LogP contribution in [0.1, 0.15) is 23.2 Å². The molecule has 2 aromatic rings. The Morgan fingerprint density at radius 2 is 2.25 bits per heavy atom. The van der Waals surface area contributed by atoms with Gasteiger partial charge < -0.3 is 10.1 Å². The van der Waals surface area contributed by atoms with Gasteiger partial charge in [0.15, 0.2) is 0 Å². The molecule has 0 unspecified atom stereocenters. The van der Waals surface area contributed by atoms with E-state index >= 15 is 0 Å². The Morgan fingerprint density at radius 3 is 2.95 bits per heavy atom. The number of nitrogens with zero attached hydrogens (tertiary/aromatic N) is 3. The lowest BCUT2D eigenvalue weighted by molar-refractivity contribution is 0.398. The van der Waals surface area contributed by atoms with Crippen LogP contribution in [0.3, 0.4) is 0 Å². The highest BCUT2D eigenvalue weighted by Crippen LogP contribution is 2.26. The summed E-state index contributed by atoms with van der Waals surface area (Å²) < 4.78 is 5.02. The molecule has 2 aromatic heterocycles. The molecule has 0 spiro atoms. The zero-order valence-corrected chi connectivity index (χ0v) is 11.2. The molecule has 20 heavy (non-hydrogen) atoms. The number of pyridine rings is 2. The van der Waals surface area contributed by atoms with Gasteiger partial charge in [0.1, 0.15) is 11.9 Å². The molecule has 1 aliphatic carbocycles. The predicted octanol–water partition coefficient (Wildman–Crippen LogP) is 2.59. The van der Waals surface area contributed by atoms with E-state index in [-0.39, 0.29) is 0 Å². The molecule has 0 saturated heterocycles. The van der Waals surface area contributed by atoms with Crippen molar-refractivity contribution in [2.45, 2.75) is 19.3 Å². The minimum Gasteiger partial charge on any atom is -0.481 e. The lowest BCUT2D eigenvalue weighted by Gasteiger charge is -2.09. The first-order chi connectivity index (χ1) is 9.80. The maximum absolute atomic E-state index is 9.24. The minimum absolute atomic E-state index is 0.554. The number of anilines is 2. The number of nitriles is 1. The van der Waals surface area contributed by atoms with E-state index in [4.69, 9.17) is 4.74 Å². The van der Waals surface area contributed by atoms with Crippen molar-refractivity contribution in [2.24, 2.45) is 0 Å². The summed E-state index contributed by atoms with van der Waals surface area (Å²) in [5, 5.41) is 12.4. The maximum Gasteiger partial charge on any atom is 0.213 e. The summed E-state index contributed by atoms with van der Waals surface area (Å²) >= 11 is 0. The van der Waals surface area contributed by atoms with Gasteiger partial charge in [-0.15, -0.1) is 0 Å². The highest BCUT2D eigenvalue weighted by atomic mass is 16.5. The average Bonchev–Trinajstić information content (AvgIpc) is 2.94. The smallest absolute Gasteiger partial charge is 0.213 e. The summed E-state index contributed by atoms with van der Waals surface area (Å²) in [5.74, 6) is 1.15. The van der Waals surface area contributed by atoms with Crippen LogP contribution in [0.2, 0.25) is 0 Å². The normalized spacial score (nSPS) is 12.6. The topological polar surface area (TPSA) is 70.8 Å². The first kappa shape index (κ1) is 12.4. The molecule has 5 nitrogen and oxygen atoms in total. The van der Waals surface area contributed by atoms with Crippen molar-refractivity contribution in [3.8, 4) is 11.9 Å². The molecule has 100 valence electrons. The van der Waals surface area contributed by atoms with E-state index in [2.05, 4.69) is 21.4 Å². The molecular formula is C15H14N4O. The Morgan fingerprint density at radius 1 is 1.35 bits per heavy atom. The number of rotatable bonds is 3. The highest BCUT2D eigenvalue weighted by Gasteiger charge is 2.16. The molecule has 2 heterocycles. The zero-order chi connectivity index (χ0) is 13.9. The molecule has 5 heteroatoms. The van der Waals surface area contributed by atoms with Gasteiger partial charge >= 0.3 is 0 Å². The lowest BCUT2D eigenvalue weighted by atomic mass is 10.1. The van der Waals surface area contributed by atoms with E-state index in [1.807, 2.05) is 12.1 Å². The fourth-order valence-corrected chi connectivity index (χ4v) is 2.36. The van der Waals surface area contributed by atoms with Gasteiger partial charge in [-0.25, -0.2) is 9.97 Å². The monoisotopic (exact) mass is 266 g/mol. The number of methoxy groups -OCH3 is 1. The minimum atomic E-state index is 0.554. The summed E-state index contributed by atoms with van der Waals surface area (Å²) in [5.41, 5.74) is 3.64. The van der Waals surface area contributed by atoms with Gasteiger partial charge in [0, 0.05) is 11.8 Å². The molecule has 0 radical (unpaired) electrons. The van der Waals surface area contributed by atoms with Crippen LogP contribution in [0.5, 0.6) is 5.88 Å². The molecule has 0 fully saturated rings. The average molecular weight is 266 g/mol. The molecule has 0 saturated carbocycles. The highest BCUT2D eigenvalue weighted by molar-refractivity contribution is 5.63. The first-order valence-electron chi connectivity index (χ1n) is 6.50. The van der Waals surface area contributed by atoms with Crippen LogP contribution >= 0.6 is 0 Å². The summed E-state index contributed by atoms with van der Waals surface area (Å²) in [7, 11) is 1.57. The van der Waals surface area contributed by atoms with Crippen LogP contribution in [0.4, 0.5) is 11.5 Å². The number of hydrogen-bond donors (Lipinski definition) is 1. The van der Waals surface area contributed by atoms with Crippen molar-refractivity contribution in [1.29, 1.82) is 5.26 Å². The van der Waals surface area contributed by atoms with Crippen molar-refractivity contribution >= 4 is 11.5 Å². The Hall–Kier alpha value is -2.61. The summed E-state index contributed by atoms with van der Waals surface area (Å²) in [6.07, 6.45) is 4.77. The van der Waals surface area contributed by atoms with Crippen LogP contribution < -0.4 is 10.1 Å². The number of aryl methyl sites for hydroxylation is 2. The SMILES string of the molecule is COc1ccc(Nc2nc3c(cc2C#N)CCC3)cn1. The van der Waals surface area contributed by atoms with Gasteiger partial charge in [-0.2, -0.15) is 5.26 Å². The van der Waals surface area contributed by atoms with Crippen LogP contribution in [0, 0.1) is 11.3 Å².